The summed E-state index contributed by atoms with van der Waals surface area (Å²) < 4.78 is 30.0. The number of hydrogen-bond donors (Lipinski definition) is 7. The van der Waals surface area contributed by atoms with Crippen LogP contribution in [0.25, 0.3) is 0 Å². The summed E-state index contributed by atoms with van der Waals surface area (Å²) in [5.41, 5.74) is -2.81. The molecule has 14 nitrogen and oxygen atoms in total. The normalized spacial score (nSPS) is 56.6. The van der Waals surface area contributed by atoms with Gasteiger partial charge in [-0.3, -0.25) is 4.79 Å². The van der Waals surface area contributed by atoms with Gasteiger partial charge >= 0.3 is 11.9 Å². The molecule has 0 aromatic heterocycles. The molecule has 19 unspecified atom stereocenters. The Morgan fingerprint density at radius 2 is 1.44 bits per heavy atom. The summed E-state index contributed by atoms with van der Waals surface area (Å²) in [5, 5.41) is 75.6. The van der Waals surface area contributed by atoms with Crippen LogP contribution in [0.1, 0.15) is 113 Å². The molecule has 8 rings (SSSR count). The van der Waals surface area contributed by atoms with Crippen LogP contribution in [0.5, 0.6) is 0 Å². The fraction of sp³-hybridized carbons (Fsp3) is 0.951. The van der Waals surface area contributed by atoms with E-state index in [1.807, 2.05) is 0 Å². The van der Waals surface area contributed by atoms with Crippen LogP contribution in [-0.2, 0) is 33.3 Å². The fourth-order valence-corrected chi connectivity index (χ4v) is 14.6. The number of rotatable bonds is 5. The Balaban J connectivity index is 1.05. The predicted molar refractivity (Wildman–Crippen MR) is 192 cm³/mol. The van der Waals surface area contributed by atoms with Crippen molar-refractivity contribution in [2.24, 2.45) is 50.2 Å². The lowest BCUT2D eigenvalue weighted by Crippen LogP contribution is -2.76. The van der Waals surface area contributed by atoms with E-state index >= 15 is 0 Å². The van der Waals surface area contributed by atoms with Gasteiger partial charge in [0.1, 0.15) is 42.2 Å². The van der Waals surface area contributed by atoms with Crippen LogP contribution in [-0.4, -0.2) is 127 Å². The van der Waals surface area contributed by atoms with Crippen LogP contribution >= 0.6 is 0 Å². The van der Waals surface area contributed by atoms with E-state index in [4.69, 9.17) is 23.7 Å². The molecule has 5 saturated carbocycles. The van der Waals surface area contributed by atoms with E-state index in [2.05, 4.69) is 48.5 Å². The monoisotopic (exact) mass is 780 g/mol. The second-order valence-electron chi connectivity index (χ2n) is 21.0. The first-order valence-corrected chi connectivity index (χ1v) is 20.6. The van der Waals surface area contributed by atoms with Crippen molar-refractivity contribution >= 4 is 11.9 Å². The number of carbonyl (C=O) groups excluding carboxylic acids is 1. The molecular weight excluding hydrogens is 716 g/mol. The average Bonchev–Trinajstić information content (AvgIpc) is 3.29. The zero-order chi connectivity index (χ0) is 40.1. The lowest BCUT2D eigenvalue weighted by atomic mass is 9.30. The van der Waals surface area contributed by atoms with Gasteiger partial charge in [0.15, 0.2) is 18.7 Å². The van der Waals surface area contributed by atoms with Crippen molar-refractivity contribution in [1.29, 1.82) is 0 Å². The lowest BCUT2D eigenvalue weighted by Gasteiger charge is -2.74. The topological polar surface area (TPSA) is 222 Å². The van der Waals surface area contributed by atoms with Gasteiger partial charge in [0.05, 0.1) is 24.2 Å². The molecule has 3 heterocycles. The Bertz CT molecular complexity index is 1550. The molecule has 3 aliphatic heterocycles. The van der Waals surface area contributed by atoms with E-state index in [9.17, 15) is 45.3 Å². The number of aliphatic carboxylic acids is 1. The number of aliphatic hydroxyl groups excluding tert-OH is 6. The summed E-state index contributed by atoms with van der Waals surface area (Å²) in [4.78, 5) is 26.3. The SMILES string of the molecule is CC1(C)CCC23CCC4(C)C5(C)CCC6C(C)(C)C(OC7OC(C(=O)O)C(O)C(OC8OCC(O)C(O)C8O)C7O)CCC6(C)C5CC(O)C4(OC2=O)C3C1. The van der Waals surface area contributed by atoms with Crippen LogP contribution in [0.4, 0.5) is 0 Å². The first-order valence-electron chi connectivity index (χ1n) is 20.6. The van der Waals surface area contributed by atoms with Crippen molar-refractivity contribution in [3.63, 3.8) is 0 Å². The highest BCUT2D eigenvalue weighted by Crippen LogP contribution is 2.80. The summed E-state index contributed by atoms with van der Waals surface area (Å²) in [5.74, 6) is -1.41. The maximum absolute atomic E-state index is 14.0. The summed E-state index contributed by atoms with van der Waals surface area (Å²) in [6.45, 7) is 15.5. The summed E-state index contributed by atoms with van der Waals surface area (Å²) in [6, 6.07) is 0. The molecule has 8 aliphatic rings. The molecule has 7 N–H and O–H groups in total. The van der Waals surface area contributed by atoms with E-state index < -0.39 is 95.3 Å². The number of fused-ring (bicyclic) bond motifs is 4. The van der Waals surface area contributed by atoms with Gasteiger partial charge in [0, 0.05) is 11.3 Å². The molecule has 55 heavy (non-hydrogen) atoms. The number of ether oxygens (including phenoxy) is 5. The standard InChI is InChI=1S/C41H64O14/c1-35(2)12-14-40-15-13-39(7)38(6)11-8-20-36(3,4)24(9-10-37(20,5)21(38)16-23(43)41(39,22(40)17-35)55-34(40)50)52-33-28(47)29(27(46)30(54-33)31(48)49)53-32-26(45)25(44)19(42)18-51-32/h19-30,32-33,42-47H,8-18H2,1-7H3,(H,48,49). The number of esters is 1. The van der Waals surface area contributed by atoms with Crippen molar-refractivity contribution < 1.29 is 69.0 Å². The first kappa shape index (κ1) is 40.3. The van der Waals surface area contributed by atoms with E-state index in [0.717, 1.165) is 51.4 Å². The Morgan fingerprint density at radius 3 is 2.13 bits per heavy atom. The van der Waals surface area contributed by atoms with Gasteiger partial charge in [0.2, 0.25) is 0 Å². The highest BCUT2D eigenvalue weighted by Gasteiger charge is 2.83. The second-order valence-corrected chi connectivity index (χ2v) is 21.0. The van der Waals surface area contributed by atoms with Gasteiger partial charge in [0.25, 0.3) is 0 Å². The Kier molecular flexibility index (Phi) is 9.36. The molecule has 19 atom stereocenters. The second kappa shape index (κ2) is 12.8. The molecule has 1 spiro atoms. The van der Waals surface area contributed by atoms with Crippen LogP contribution in [0, 0.1) is 50.2 Å². The molecule has 0 amide bonds. The third-order valence-corrected chi connectivity index (χ3v) is 17.8. The van der Waals surface area contributed by atoms with Crippen LogP contribution in [0.3, 0.4) is 0 Å². The minimum atomic E-state index is -1.88. The molecule has 0 aromatic carbocycles. The Morgan fingerprint density at radius 1 is 0.745 bits per heavy atom. The highest BCUT2D eigenvalue weighted by atomic mass is 16.7. The first-order chi connectivity index (χ1) is 25.5. The summed E-state index contributed by atoms with van der Waals surface area (Å²) in [6.07, 6.45) is -8.40. The minimum absolute atomic E-state index is 0.0265. The van der Waals surface area contributed by atoms with Gasteiger partial charge < -0.3 is 59.4 Å². The third-order valence-electron chi connectivity index (χ3n) is 17.8. The zero-order valence-corrected chi connectivity index (χ0v) is 33.3. The Labute approximate surface area is 323 Å². The van der Waals surface area contributed by atoms with E-state index in [-0.39, 0.29) is 46.6 Å². The van der Waals surface area contributed by atoms with E-state index in [0.29, 0.717) is 12.8 Å². The van der Waals surface area contributed by atoms with Crippen LogP contribution < -0.4 is 0 Å². The molecule has 3 saturated heterocycles. The quantitative estimate of drug-likeness (QED) is 0.157. The maximum Gasteiger partial charge on any atom is 0.335 e. The number of aliphatic hydroxyl groups is 6. The van der Waals surface area contributed by atoms with Crippen LogP contribution in [0.15, 0.2) is 0 Å². The van der Waals surface area contributed by atoms with Gasteiger partial charge in [-0.15, -0.1) is 0 Å². The van der Waals surface area contributed by atoms with Crippen molar-refractivity contribution in [3.05, 3.63) is 0 Å². The molecule has 312 valence electrons. The zero-order valence-electron chi connectivity index (χ0n) is 33.3. The van der Waals surface area contributed by atoms with Crippen molar-refractivity contribution in [2.75, 3.05) is 6.61 Å². The average molecular weight is 781 g/mol. The van der Waals surface area contributed by atoms with Crippen LogP contribution in [0.2, 0.25) is 0 Å². The number of carboxylic acids is 1. The van der Waals surface area contributed by atoms with E-state index in [1.165, 1.54) is 0 Å². The van der Waals surface area contributed by atoms with Crippen molar-refractivity contribution in [3.8, 4) is 0 Å². The minimum Gasteiger partial charge on any atom is -0.479 e. The van der Waals surface area contributed by atoms with Gasteiger partial charge in [-0.1, -0.05) is 48.5 Å². The molecule has 2 bridgehead atoms. The molecule has 8 fully saturated rings. The van der Waals surface area contributed by atoms with Gasteiger partial charge in [-0.2, -0.15) is 0 Å². The summed E-state index contributed by atoms with van der Waals surface area (Å²) >= 11 is 0. The van der Waals surface area contributed by atoms with Gasteiger partial charge in [-0.25, -0.2) is 4.79 Å². The molecule has 0 aromatic rings. The fourth-order valence-electron chi connectivity index (χ4n) is 14.6. The lowest BCUT2D eigenvalue weighted by molar-refractivity contribution is -0.359. The predicted octanol–water partition coefficient (Wildman–Crippen LogP) is 2.26. The smallest absolute Gasteiger partial charge is 0.335 e. The molecule has 0 radical (unpaired) electrons. The third kappa shape index (κ3) is 5.27. The van der Waals surface area contributed by atoms with E-state index in [1.54, 1.807) is 0 Å². The van der Waals surface area contributed by atoms with Gasteiger partial charge in [-0.05, 0) is 97.7 Å². The largest absolute Gasteiger partial charge is 0.479 e. The van der Waals surface area contributed by atoms with Crippen molar-refractivity contribution in [2.45, 2.75) is 186 Å². The molecular formula is C41H64O14. The molecule has 14 heteroatoms. The Hall–Kier alpha value is -1.46. The number of hydrogen-bond acceptors (Lipinski definition) is 13. The number of carboxylic acid groups (broad SMARTS) is 1. The maximum atomic E-state index is 14.0. The molecule has 5 aliphatic carbocycles. The highest BCUT2D eigenvalue weighted by molar-refractivity contribution is 5.82. The number of carbonyl (C=O) groups is 2. The van der Waals surface area contributed by atoms with Crippen molar-refractivity contribution in [1.82, 2.24) is 0 Å². The summed E-state index contributed by atoms with van der Waals surface area (Å²) in [7, 11) is 0.